The van der Waals surface area contributed by atoms with Crippen molar-refractivity contribution in [1.82, 2.24) is 5.32 Å². The van der Waals surface area contributed by atoms with Gasteiger partial charge in [-0.15, -0.1) is 0 Å². The summed E-state index contributed by atoms with van der Waals surface area (Å²) in [5, 5.41) is 3.46. The molecule has 0 bridgehead atoms. The van der Waals surface area contributed by atoms with E-state index in [4.69, 9.17) is 0 Å². The molecule has 0 spiro atoms. The first kappa shape index (κ1) is 13.8. The lowest BCUT2D eigenvalue weighted by molar-refractivity contribution is 0.565. The molecule has 1 nitrogen and oxygen atoms in total. The lowest BCUT2D eigenvalue weighted by atomic mass is 10.0. The quantitative estimate of drug-likeness (QED) is 0.861. The molecule has 0 saturated heterocycles. The molecule has 2 aromatic rings. The van der Waals surface area contributed by atoms with E-state index in [9.17, 15) is 4.39 Å². The van der Waals surface area contributed by atoms with Gasteiger partial charge >= 0.3 is 0 Å². The highest BCUT2D eigenvalue weighted by molar-refractivity contribution is 5.29. The van der Waals surface area contributed by atoms with Gasteiger partial charge in [-0.05, 0) is 55.2 Å². The molecule has 0 fully saturated rings. The molecule has 100 valence electrons. The Morgan fingerprint density at radius 3 is 2.53 bits per heavy atom. The maximum atomic E-state index is 13.2. The normalized spacial score (nSPS) is 12.4. The SMILES string of the molecule is Cc1ccc(F)cc1CN[C@H](C)c1ccccc1C. The Balaban J connectivity index is 2.06. The molecule has 0 aliphatic rings. The predicted molar refractivity (Wildman–Crippen MR) is 77.6 cm³/mol. The van der Waals surface area contributed by atoms with Crippen LogP contribution in [0.15, 0.2) is 42.5 Å². The third kappa shape index (κ3) is 3.42. The van der Waals surface area contributed by atoms with Gasteiger partial charge in [0.25, 0.3) is 0 Å². The number of hydrogen-bond donors (Lipinski definition) is 1. The van der Waals surface area contributed by atoms with Crippen molar-refractivity contribution < 1.29 is 4.39 Å². The van der Waals surface area contributed by atoms with E-state index in [2.05, 4.69) is 31.3 Å². The minimum Gasteiger partial charge on any atom is -0.306 e. The van der Waals surface area contributed by atoms with Gasteiger partial charge in [-0.1, -0.05) is 30.3 Å². The molecule has 0 heterocycles. The van der Waals surface area contributed by atoms with Crippen molar-refractivity contribution in [2.75, 3.05) is 0 Å². The molecule has 0 unspecified atom stereocenters. The summed E-state index contributed by atoms with van der Waals surface area (Å²) in [5.41, 5.74) is 4.70. The zero-order valence-electron chi connectivity index (χ0n) is 11.7. The summed E-state index contributed by atoms with van der Waals surface area (Å²) in [6, 6.07) is 13.5. The molecule has 19 heavy (non-hydrogen) atoms. The van der Waals surface area contributed by atoms with Crippen molar-refractivity contribution in [3.05, 3.63) is 70.5 Å². The molecule has 0 aromatic heterocycles. The van der Waals surface area contributed by atoms with Gasteiger partial charge in [0, 0.05) is 12.6 Å². The van der Waals surface area contributed by atoms with Crippen molar-refractivity contribution in [3.8, 4) is 0 Å². The van der Waals surface area contributed by atoms with Gasteiger partial charge in [-0.3, -0.25) is 0 Å². The molecular weight excluding hydrogens is 237 g/mol. The highest BCUT2D eigenvalue weighted by Gasteiger charge is 2.08. The van der Waals surface area contributed by atoms with E-state index >= 15 is 0 Å². The largest absolute Gasteiger partial charge is 0.306 e. The highest BCUT2D eigenvalue weighted by atomic mass is 19.1. The number of hydrogen-bond acceptors (Lipinski definition) is 1. The van der Waals surface area contributed by atoms with Gasteiger partial charge in [0.2, 0.25) is 0 Å². The Hall–Kier alpha value is -1.67. The number of halogens is 1. The molecule has 0 amide bonds. The maximum absolute atomic E-state index is 13.2. The fourth-order valence-corrected chi connectivity index (χ4v) is 2.28. The molecule has 0 radical (unpaired) electrons. The average molecular weight is 257 g/mol. The van der Waals surface area contributed by atoms with Crippen LogP contribution in [0.3, 0.4) is 0 Å². The molecule has 1 atom stereocenters. The van der Waals surface area contributed by atoms with Crippen LogP contribution in [-0.4, -0.2) is 0 Å². The summed E-state index contributed by atoms with van der Waals surface area (Å²) < 4.78 is 13.2. The van der Waals surface area contributed by atoms with Crippen LogP contribution in [0, 0.1) is 19.7 Å². The zero-order valence-corrected chi connectivity index (χ0v) is 11.7. The summed E-state index contributed by atoms with van der Waals surface area (Å²) in [6.45, 7) is 6.94. The summed E-state index contributed by atoms with van der Waals surface area (Å²) in [4.78, 5) is 0. The van der Waals surface area contributed by atoms with E-state index in [1.54, 1.807) is 6.07 Å². The fourth-order valence-electron chi connectivity index (χ4n) is 2.28. The molecule has 0 saturated carbocycles. The third-order valence-corrected chi connectivity index (χ3v) is 3.56. The van der Waals surface area contributed by atoms with E-state index in [-0.39, 0.29) is 11.9 Å². The minimum absolute atomic E-state index is 0.175. The number of rotatable bonds is 4. The molecule has 2 aromatic carbocycles. The van der Waals surface area contributed by atoms with Gasteiger partial charge in [-0.2, -0.15) is 0 Å². The second-order valence-electron chi connectivity index (χ2n) is 5.03. The second kappa shape index (κ2) is 5.98. The van der Waals surface area contributed by atoms with Crippen LogP contribution in [0.1, 0.15) is 35.2 Å². The summed E-state index contributed by atoms with van der Waals surface area (Å²) in [6.07, 6.45) is 0. The van der Waals surface area contributed by atoms with Crippen molar-refractivity contribution in [2.45, 2.75) is 33.4 Å². The van der Waals surface area contributed by atoms with E-state index in [1.807, 2.05) is 25.1 Å². The summed E-state index contributed by atoms with van der Waals surface area (Å²) in [5.74, 6) is -0.175. The monoisotopic (exact) mass is 257 g/mol. The topological polar surface area (TPSA) is 12.0 Å². The molecule has 0 aliphatic heterocycles. The summed E-state index contributed by atoms with van der Waals surface area (Å²) in [7, 11) is 0. The Kier molecular flexibility index (Phi) is 4.33. The van der Waals surface area contributed by atoms with Gasteiger partial charge in [0.1, 0.15) is 5.82 Å². The lowest BCUT2D eigenvalue weighted by Crippen LogP contribution is -2.19. The van der Waals surface area contributed by atoms with Gasteiger partial charge < -0.3 is 5.32 Å². The molecule has 2 rings (SSSR count). The molecular formula is C17H20FN. The van der Waals surface area contributed by atoms with Crippen LogP contribution in [0.5, 0.6) is 0 Å². The Morgan fingerprint density at radius 1 is 1.05 bits per heavy atom. The van der Waals surface area contributed by atoms with E-state index in [0.29, 0.717) is 6.54 Å². The lowest BCUT2D eigenvalue weighted by Gasteiger charge is -2.17. The zero-order chi connectivity index (χ0) is 13.8. The Labute approximate surface area is 114 Å². The van der Waals surface area contributed by atoms with Crippen LogP contribution in [0.4, 0.5) is 4.39 Å². The van der Waals surface area contributed by atoms with Crippen LogP contribution in [-0.2, 0) is 6.54 Å². The van der Waals surface area contributed by atoms with Crippen LogP contribution < -0.4 is 5.32 Å². The maximum Gasteiger partial charge on any atom is 0.123 e. The Morgan fingerprint density at radius 2 is 1.79 bits per heavy atom. The molecule has 1 N–H and O–H groups in total. The van der Waals surface area contributed by atoms with Crippen molar-refractivity contribution in [2.24, 2.45) is 0 Å². The number of aryl methyl sites for hydroxylation is 2. The first-order valence-corrected chi connectivity index (χ1v) is 6.62. The fraction of sp³-hybridized carbons (Fsp3) is 0.294. The van der Waals surface area contributed by atoms with E-state index in [1.165, 1.54) is 17.2 Å². The predicted octanol–water partition coefficient (Wildman–Crippen LogP) is 4.29. The van der Waals surface area contributed by atoms with Gasteiger partial charge in [0.05, 0.1) is 0 Å². The average Bonchev–Trinajstić information content (AvgIpc) is 2.40. The first-order valence-electron chi connectivity index (χ1n) is 6.62. The third-order valence-electron chi connectivity index (χ3n) is 3.56. The van der Waals surface area contributed by atoms with Crippen molar-refractivity contribution >= 4 is 0 Å². The highest BCUT2D eigenvalue weighted by Crippen LogP contribution is 2.18. The van der Waals surface area contributed by atoms with Crippen molar-refractivity contribution in [3.63, 3.8) is 0 Å². The Bertz CT molecular complexity index is 563. The van der Waals surface area contributed by atoms with Crippen LogP contribution in [0.25, 0.3) is 0 Å². The van der Waals surface area contributed by atoms with Gasteiger partial charge in [-0.25, -0.2) is 4.39 Å². The molecule has 0 aliphatic carbocycles. The molecule has 2 heteroatoms. The van der Waals surface area contributed by atoms with Gasteiger partial charge in [0.15, 0.2) is 0 Å². The van der Waals surface area contributed by atoms with Crippen LogP contribution in [0.2, 0.25) is 0 Å². The van der Waals surface area contributed by atoms with E-state index in [0.717, 1.165) is 11.1 Å². The summed E-state index contributed by atoms with van der Waals surface area (Å²) >= 11 is 0. The smallest absolute Gasteiger partial charge is 0.123 e. The second-order valence-corrected chi connectivity index (χ2v) is 5.03. The van der Waals surface area contributed by atoms with Crippen molar-refractivity contribution in [1.29, 1.82) is 0 Å². The van der Waals surface area contributed by atoms with Crippen LogP contribution >= 0.6 is 0 Å². The number of benzene rings is 2. The first-order chi connectivity index (χ1) is 9.08. The van der Waals surface area contributed by atoms with E-state index < -0.39 is 0 Å². The standard InChI is InChI=1S/C17H20FN/c1-12-8-9-16(18)10-15(12)11-19-14(3)17-7-5-4-6-13(17)2/h4-10,14,19H,11H2,1-3H3/t14-/m1/s1. The number of nitrogens with one attached hydrogen (secondary N) is 1. The minimum atomic E-state index is -0.175.